The van der Waals surface area contributed by atoms with Crippen molar-refractivity contribution < 1.29 is 9.59 Å². The molecule has 28 heavy (non-hydrogen) atoms. The molecule has 2 aromatic rings. The third-order valence-electron chi connectivity index (χ3n) is 4.56. The van der Waals surface area contributed by atoms with Crippen LogP contribution in [0.2, 0.25) is 10.0 Å². The Hall–Kier alpha value is -2.44. The van der Waals surface area contributed by atoms with Crippen LogP contribution in [-0.4, -0.2) is 44.0 Å². The third kappa shape index (κ3) is 4.51. The molecule has 1 saturated heterocycles. The van der Waals surface area contributed by atoms with Gasteiger partial charge in [-0.1, -0.05) is 29.3 Å². The smallest absolute Gasteiger partial charge is 0.323 e. The van der Waals surface area contributed by atoms with Gasteiger partial charge in [0, 0.05) is 38.6 Å². The fourth-order valence-electron chi connectivity index (χ4n) is 3.15. The van der Waals surface area contributed by atoms with E-state index in [4.69, 9.17) is 23.2 Å². The lowest BCUT2D eigenvalue weighted by molar-refractivity contribution is 0.0793. The van der Waals surface area contributed by atoms with Crippen molar-refractivity contribution in [3.05, 3.63) is 52.0 Å². The van der Waals surface area contributed by atoms with E-state index in [1.54, 1.807) is 30.3 Å². The van der Waals surface area contributed by atoms with Crippen molar-refractivity contribution in [1.82, 2.24) is 4.90 Å². The number of halogens is 2. The number of urea groups is 1. The number of benzene rings is 2. The van der Waals surface area contributed by atoms with E-state index in [0.29, 0.717) is 22.0 Å². The summed E-state index contributed by atoms with van der Waals surface area (Å²) in [5.41, 5.74) is 2.29. The van der Waals surface area contributed by atoms with Crippen molar-refractivity contribution in [2.45, 2.75) is 12.8 Å². The largest absolute Gasteiger partial charge is 0.377 e. The minimum Gasteiger partial charge on any atom is -0.377 e. The van der Waals surface area contributed by atoms with Crippen LogP contribution in [-0.2, 0) is 0 Å². The lowest BCUT2D eigenvalue weighted by Gasteiger charge is -2.22. The van der Waals surface area contributed by atoms with E-state index in [0.717, 1.165) is 31.6 Å². The highest BCUT2D eigenvalue weighted by atomic mass is 35.5. The maximum absolute atomic E-state index is 12.9. The lowest BCUT2D eigenvalue weighted by atomic mass is 10.1. The Kier molecular flexibility index (Phi) is 6.31. The van der Waals surface area contributed by atoms with Crippen LogP contribution in [0.25, 0.3) is 0 Å². The summed E-state index contributed by atoms with van der Waals surface area (Å²) < 4.78 is 0. The van der Waals surface area contributed by atoms with Gasteiger partial charge in [0.15, 0.2) is 0 Å². The number of hydrogen-bond acceptors (Lipinski definition) is 3. The fraction of sp³-hybridized carbons (Fsp3) is 0.300. The number of hydrogen-bond donors (Lipinski definition) is 2. The van der Waals surface area contributed by atoms with Crippen LogP contribution < -0.4 is 15.5 Å². The lowest BCUT2D eigenvalue weighted by Crippen LogP contribution is -2.29. The number of nitrogens with one attached hydrogen (secondary N) is 2. The quantitative estimate of drug-likeness (QED) is 0.735. The summed E-state index contributed by atoms with van der Waals surface area (Å²) in [5.74, 6) is -0.0249. The molecule has 3 amide bonds. The second kappa shape index (κ2) is 8.71. The number of rotatable bonds is 4. The summed E-state index contributed by atoms with van der Waals surface area (Å²) in [7, 11) is 3.77. The molecule has 148 valence electrons. The van der Waals surface area contributed by atoms with E-state index < -0.39 is 6.03 Å². The van der Waals surface area contributed by atoms with E-state index in [9.17, 15) is 9.59 Å². The van der Waals surface area contributed by atoms with Crippen molar-refractivity contribution in [2.24, 2.45) is 0 Å². The van der Waals surface area contributed by atoms with Crippen molar-refractivity contribution in [2.75, 3.05) is 42.7 Å². The van der Waals surface area contributed by atoms with E-state index in [-0.39, 0.29) is 10.9 Å². The molecule has 0 spiro atoms. The Morgan fingerprint density at radius 2 is 1.75 bits per heavy atom. The van der Waals surface area contributed by atoms with Crippen LogP contribution >= 0.6 is 23.2 Å². The monoisotopic (exact) mass is 420 g/mol. The first kappa shape index (κ1) is 20.3. The molecule has 3 rings (SSSR count). The minimum absolute atomic E-state index is 0.0249. The Morgan fingerprint density at radius 3 is 2.43 bits per heavy atom. The summed E-state index contributed by atoms with van der Waals surface area (Å²) in [6.45, 7) is 1.52. The van der Waals surface area contributed by atoms with Crippen LogP contribution in [0.1, 0.15) is 23.2 Å². The second-order valence-corrected chi connectivity index (χ2v) is 7.59. The number of amides is 3. The van der Waals surface area contributed by atoms with E-state index in [1.807, 2.05) is 30.0 Å². The molecule has 1 fully saturated rings. The Balaban J connectivity index is 1.80. The van der Waals surface area contributed by atoms with Gasteiger partial charge in [0.2, 0.25) is 0 Å². The van der Waals surface area contributed by atoms with Crippen molar-refractivity contribution in [3.8, 4) is 0 Å². The number of anilines is 3. The van der Waals surface area contributed by atoms with Crippen molar-refractivity contribution in [3.63, 3.8) is 0 Å². The van der Waals surface area contributed by atoms with Gasteiger partial charge >= 0.3 is 6.03 Å². The zero-order valence-electron chi connectivity index (χ0n) is 15.8. The summed E-state index contributed by atoms with van der Waals surface area (Å²) in [4.78, 5) is 29.0. The molecular weight excluding hydrogens is 399 g/mol. The predicted molar refractivity (Wildman–Crippen MR) is 115 cm³/mol. The highest BCUT2D eigenvalue weighted by Crippen LogP contribution is 2.30. The van der Waals surface area contributed by atoms with Crippen molar-refractivity contribution >= 4 is 52.2 Å². The summed E-state index contributed by atoms with van der Waals surface area (Å²) in [6, 6.07) is 9.81. The first-order valence-electron chi connectivity index (χ1n) is 8.99. The van der Waals surface area contributed by atoms with E-state index >= 15 is 0 Å². The fourth-order valence-corrected chi connectivity index (χ4v) is 3.50. The topological polar surface area (TPSA) is 64.7 Å². The maximum Gasteiger partial charge on any atom is 0.323 e. The molecule has 1 aliphatic rings. The van der Waals surface area contributed by atoms with Crippen LogP contribution in [0.15, 0.2) is 36.4 Å². The van der Waals surface area contributed by atoms with Gasteiger partial charge < -0.3 is 20.4 Å². The van der Waals surface area contributed by atoms with Gasteiger partial charge in [-0.2, -0.15) is 0 Å². The number of nitrogens with zero attached hydrogens (tertiary/aromatic N) is 2. The zero-order valence-corrected chi connectivity index (χ0v) is 17.3. The van der Waals surface area contributed by atoms with Gasteiger partial charge in [-0.05, 0) is 43.2 Å². The molecule has 0 unspecified atom stereocenters. The van der Waals surface area contributed by atoms with Gasteiger partial charge in [0.25, 0.3) is 5.91 Å². The standard InChI is InChI=1S/C20H22Cl2N4O2/c1-25(2)17-9-8-13(12-14(17)19(27)26-10-3-4-11-26)23-20(28)24-16-7-5-6-15(21)18(16)22/h5-9,12H,3-4,10-11H2,1-2H3,(H2,23,24,28). The maximum atomic E-state index is 12.9. The predicted octanol–water partition coefficient (Wildman–Crippen LogP) is 4.94. The van der Waals surface area contributed by atoms with Gasteiger partial charge in [-0.25, -0.2) is 4.79 Å². The Labute approximate surface area is 174 Å². The molecule has 1 heterocycles. The zero-order chi connectivity index (χ0) is 20.3. The molecule has 0 atom stereocenters. The Bertz CT molecular complexity index is 896. The number of carbonyl (C=O) groups is 2. The molecule has 0 aromatic heterocycles. The molecule has 6 nitrogen and oxygen atoms in total. The average Bonchev–Trinajstić information content (AvgIpc) is 3.19. The van der Waals surface area contributed by atoms with E-state index in [1.165, 1.54) is 0 Å². The number of likely N-dealkylation sites (tertiary alicyclic amines) is 1. The average molecular weight is 421 g/mol. The normalized spacial score (nSPS) is 13.4. The first-order chi connectivity index (χ1) is 13.4. The minimum atomic E-state index is -0.471. The molecule has 0 bridgehead atoms. The molecule has 0 aliphatic carbocycles. The van der Waals surface area contributed by atoms with Gasteiger partial charge in [0.1, 0.15) is 0 Å². The molecule has 1 aliphatic heterocycles. The summed E-state index contributed by atoms with van der Waals surface area (Å²) in [6.07, 6.45) is 2.04. The van der Waals surface area contributed by atoms with E-state index in [2.05, 4.69) is 10.6 Å². The molecule has 2 aromatic carbocycles. The third-order valence-corrected chi connectivity index (χ3v) is 5.38. The van der Waals surface area contributed by atoms with Gasteiger partial charge in [0.05, 0.1) is 21.3 Å². The SMILES string of the molecule is CN(C)c1ccc(NC(=O)Nc2cccc(Cl)c2Cl)cc1C(=O)N1CCCC1. The first-order valence-corrected chi connectivity index (χ1v) is 9.75. The highest BCUT2D eigenvalue weighted by molar-refractivity contribution is 6.44. The van der Waals surface area contributed by atoms with Crippen LogP contribution in [0.3, 0.4) is 0 Å². The second-order valence-electron chi connectivity index (χ2n) is 6.81. The summed E-state index contributed by atoms with van der Waals surface area (Å²) >= 11 is 12.1. The molecular formula is C20H22Cl2N4O2. The molecule has 0 radical (unpaired) electrons. The Morgan fingerprint density at radius 1 is 1.04 bits per heavy atom. The number of carbonyl (C=O) groups excluding carboxylic acids is 2. The van der Waals surface area contributed by atoms with Gasteiger partial charge in [-0.15, -0.1) is 0 Å². The van der Waals surface area contributed by atoms with Crippen LogP contribution in [0, 0.1) is 0 Å². The highest BCUT2D eigenvalue weighted by Gasteiger charge is 2.23. The van der Waals surface area contributed by atoms with Crippen molar-refractivity contribution in [1.29, 1.82) is 0 Å². The van der Waals surface area contributed by atoms with Crippen LogP contribution in [0.5, 0.6) is 0 Å². The molecule has 0 saturated carbocycles. The van der Waals surface area contributed by atoms with Crippen LogP contribution in [0.4, 0.5) is 21.9 Å². The molecule has 2 N–H and O–H groups in total. The van der Waals surface area contributed by atoms with Gasteiger partial charge in [-0.3, -0.25) is 4.79 Å². The summed E-state index contributed by atoms with van der Waals surface area (Å²) in [5, 5.41) is 6.04. The molecule has 8 heteroatoms.